The van der Waals surface area contributed by atoms with Gasteiger partial charge in [-0.15, -0.1) is 0 Å². The van der Waals surface area contributed by atoms with E-state index < -0.39 is 0 Å². The topological polar surface area (TPSA) is 48.5 Å². The minimum atomic E-state index is -0.233. The minimum absolute atomic E-state index is 0.00868. The Hall–Kier alpha value is -2.63. The Morgan fingerprint density at radius 2 is 1.76 bits per heavy atom. The van der Waals surface area contributed by atoms with Crippen LogP contribution in [0.5, 0.6) is 0 Å². The van der Waals surface area contributed by atoms with Crippen molar-refractivity contribution < 1.29 is 9.18 Å². The van der Waals surface area contributed by atoms with Crippen LogP contribution in [0.25, 0.3) is 0 Å². The molecule has 3 rings (SSSR count). The molecule has 2 amide bonds. The summed E-state index contributed by atoms with van der Waals surface area (Å²) in [5, 5.41) is 3.11. The summed E-state index contributed by atoms with van der Waals surface area (Å²) in [6, 6.07) is 10.3. The number of hydrogen-bond donors (Lipinski definition) is 1. The lowest BCUT2D eigenvalue weighted by atomic mass is 10.1. The minimum Gasteiger partial charge on any atom is -0.368 e. The Kier molecular flexibility index (Phi) is 5.48. The summed E-state index contributed by atoms with van der Waals surface area (Å²) in [7, 11) is 0. The van der Waals surface area contributed by atoms with Gasteiger partial charge in [0.15, 0.2) is 0 Å². The Labute approximate surface area is 147 Å². The van der Waals surface area contributed by atoms with E-state index in [1.54, 1.807) is 24.5 Å². The largest absolute Gasteiger partial charge is 0.368 e. The number of nitrogens with zero attached hydrogens (tertiary/aromatic N) is 3. The van der Waals surface area contributed by atoms with E-state index in [1.807, 2.05) is 17.0 Å². The molecular weight excluding hydrogens is 319 g/mol. The quantitative estimate of drug-likeness (QED) is 0.928. The van der Waals surface area contributed by atoms with E-state index in [2.05, 4.69) is 22.1 Å². The molecule has 0 bridgehead atoms. The number of halogens is 1. The molecule has 1 atom stereocenters. The van der Waals surface area contributed by atoms with Gasteiger partial charge in [0, 0.05) is 44.3 Å². The van der Waals surface area contributed by atoms with Crippen LogP contribution in [-0.4, -0.2) is 42.1 Å². The van der Waals surface area contributed by atoms with Crippen LogP contribution in [0, 0.1) is 5.82 Å². The summed E-state index contributed by atoms with van der Waals surface area (Å²) in [6.45, 7) is 4.83. The fraction of sp³-hybridized carbons (Fsp3) is 0.368. The highest BCUT2D eigenvalue weighted by molar-refractivity contribution is 5.75. The molecule has 0 aliphatic carbocycles. The van der Waals surface area contributed by atoms with Crippen molar-refractivity contribution in [2.75, 3.05) is 31.1 Å². The average Bonchev–Trinajstić information content (AvgIpc) is 2.67. The second kappa shape index (κ2) is 7.96. The molecule has 6 heteroatoms. The van der Waals surface area contributed by atoms with E-state index in [1.165, 1.54) is 12.1 Å². The zero-order valence-corrected chi connectivity index (χ0v) is 14.4. The van der Waals surface area contributed by atoms with E-state index in [9.17, 15) is 9.18 Å². The summed E-state index contributed by atoms with van der Waals surface area (Å²) < 4.78 is 13.0. The number of rotatable bonds is 4. The van der Waals surface area contributed by atoms with E-state index in [0.717, 1.165) is 30.8 Å². The monoisotopic (exact) mass is 342 g/mol. The number of benzene rings is 1. The molecule has 1 N–H and O–H groups in total. The number of nitrogens with one attached hydrogen (secondary N) is 1. The summed E-state index contributed by atoms with van der Waals surface area (Å²) in [5.74, 6) is -0.233. The van der Waals surface area contributed by atoms with Crippen molar-refractivity contribution >= 4 is 11.7 Å². The molecule has 2 aromatic rings. The van der Waals surface area contributed by atoms with E-state index in [-0.39, 0.29) is 17.9 Å². The lowest BCUT2D eigenvalue weighted by Crippen LogP contribution is -2.52. The van der Waals surface area contributed by atoms with Gasteiger partial charge < -0.3 is 15.1 Å². The molecule has 2 heterocycles. The number of pyridine rings is 1. The molecule has 1 aromatic carbocycles. The zero-order valence-electron chi connectivity index (χ0n) is 14.4. The van der Waals surface area contributed by atoms with Crippen molar-refractivity contribution in [2.45, 2.75) is 19.4 Å². The molecule has 1 aromatic heterocycles. The summed E-state index contributed by atoms with van der Waals surface area (Å²) in [4.78, 5) is 20.6. The molecule has 1 saturated heterocycles. The van der Waals surface area contributed by atoms with Gasteiger partial charge in [0.05, 0.1) is 6.04 Å². The van der Waals surface area contributed by atoms with Crippen LogP contribution in [0.1, 0.15) is 24.9 Å². The number of urea groups is 1. The zero-order chi connectivity index (χ0) is 17.6. The number of piperazine rings is 1. The van der Waals surface area contributed by atoms with Crippen LogP contribution < -0.4 is 10.2 Å². The van der Waals surface area contributed by atoms with Crippen molar-refractivity contribution in [2.24, 2.45) is 0 Å². The maximum absolute atomic E-state index is 13.0. The molecule has 0 radical (unpaired) electrons. The first-order valence-corrected chi connectivity index (χ1v) is 8.63. The molecule has 1 aliphatic rings. The highest BCUT2D eigenvalue weighted by Crippen LogP contribution is 2.19. The first kappa shape index (κ1) is 17.2. The predicted octanol–water partition coefficient (Wildman–Crippen LogP) is 3.20. The first-order chi connectivity index (χ1) is 12.2. The van der Waals surface area contributed by atoms with E-state index in [0.29, 0.717) is 13.1 Å². The highest BCUT2D eigenvalue weighted by atomic mass is 19.1. The number of anilines is 1. The third-order valence-electron chi connectivity index (χ3n) is 4.57. The molecule has 0 unspecified atom stereocenters. The van der Waals surface area contributed by atoms with Gasteiger partial charge in [-0.25, -0.2) is 9.18 Å². The Morgan fingerprint density at radius 1 is 1.12 bits per heavy atom. The molecule has 0 spiro atoms. The maximum atomic E-state index is 13.0. The predicted molar refractivity (Wildman–Crippen MR) is 96.0 cm³/mol. The van der Waals surface area contributed by atoms with Gasteiger partial charge in [0.1, 0.15) is 5.82 Å². The summed E-state index contributed by atoms with van der Waals surface area (Å²) >= 11 is 0. The third kappa shape index (κ3) is 4.26. The third-order valence-corrected chi connectivity index (χ3v) is 4.57. The number of carbonyl (C=O) groups is 1. The molecular formula is C19H23FN4O. The molecule has 0 saturated carbocycles. The van der Waals surface area contributed by atoms with Crippen LogP contribution in [-0.2, 0) is 0 Å². The van der Waals surface area contributed by atoms with Crippen LogP contribution in [0.4, 0.5) is 14.9 Å². The fourth-order valence-electron chi connectivity index (χ4n) is 3.08. The van der Waals surface area contributed by atoms with Crippen LogP contribution in [0.3, 0.4) is 0 Å². The van der Waals surface area contributed by atoms with Crippen molar-refractivity contribution in [3.8, 4) is 0 Å². The Morgan fingerprint density at radius 3 is 2.36 bits per heavy atom. The van der Waals surface area contributed by atoms with Crippen molar-refractivity contribution in [1.82, 2.24) is 15.2 Å². The second-order valence-electron chi connectivity index (χ2n) is 6.14. The van der Waals surface area contributed by atoms with Crippen molar-refractivity contribution in [3.05, 3.63) is 60.2 Å². The summed E-state index contributed by atoms with van der Waals surface area (Å²) in [6.07, 6.45) is 4.31. The van der Waals surface area contributed by atoms with Crippen LogP contribution in [0.15, 0.2) is 48.8 Å². The van der Waals surface area contributed by atoms with Crippen molar-refractivity contribution in [1.29, 1.82) is 0 Å². The Balaban J connectivity index is 1.55. The number of amides is 2. The van der Waals surface area contributed by atoms with Gasteiger partial charge in [-0.3, -0.25) is 4.98 Å². The molecule has 5 nitrogen and oxygen atoms in total. The van der Waals surface area contributed by atoms with Crippen LogP contribution in [0.2, 0.25) is 0 Å². The fourth-order valence-corrected chi connectivity index (χ4v) is 3.08. The van der Waals surface area contributed by atoms with Crippen molar-refractivity contribution in [3.63, 3.8) is 0 Å². The lowest BCUT2D eigenvalue weighted by molar-refractivity contribution is 0.190. The van der Waals surface area contributed by atoms with Gasteiger partial charge in [0.2, 0.25) is 0 Å². The lowest BCUT2D eigenvalue weighted by Gasteiger charge is -2.36. The maximum Gasteiger partial charge on any atom is 0.318 e. The SMILES string of the molecule is CC[C@H](NC(=O)N1CCN(c2ccc(F)cc2)CC1)c1ccncc1. The molecule has 132 valence electrons. The molecule has 25 heavy (non-hydrogen) atoms. The Bertz CT molecular complexity index is 684. The number of carbonyl (C=O) groups excluding carboxylic acids is 1. The standard InChI is InChI=1S/C19H23FN4O/c1-2-18(15-7-9-21-10-8-15)22-19(25)24-13-11-23(12-14-24)17-5-3-16(20)4-6-17/h3-10,18H,2,11-14H2,1H3,(H,22,25)/t18-/m0/s1. The average molecular weight is 342 g/mol. The normalized spacial score (nSPS) is 15.8. The van der Waals surface area contributed by atoms with Gasteiger partial charge in [-0.05, 0) is 48.4 Å². The first-order valence-electron chi connectivity index (χ1n) is 8.63. The van der Waals surface area contributed by atoms with Gasteiger partial charge in [-0.2, -0.15) is 0 Å². The van der Waals surface area contributed by atoms with E-state index in [4.69, 9.17) is 0 Å². The number of aromatic nitrogens is 1. The van der Waals surface area contributed by atoms with Crippen LogP contribution >= 0.6 is 0 Å². The summed E-state index contributed by atoms with van der Waals surface area (Å²) in [5.41, 5.74) is 2.06. The second-order valence-corrected chi connectivity index (χ2v) is 6.14. The van der Waals surface area contributed by atoms with Gasteiger partial charge >= 0.3 is 6.03 Å². The molecule has 1 aliphatic heterocycles. The molecule has 1 fully saturated rings. The highest BCUT2D eigenvalue weighted by Gasteiger charge is 2.23. The van der Waals surface area contributed by atoms with Gasteiger partial charge in [0.25, 0.3) is 0 Å². The smallest absolute Gasteiger partial charge is 0.318 e. The van der Waals surface area contributed by atoms with Gasteiger partial charge in [-0.1, -0.05) is 6.92 Å². The van der Waals surface area contributed by atoms with E-state index >= 15 is 0 Å². The number of hydrogen-bond acceptors (Lipinski definition) is 3.